The molecule has 1 aliphatic rings. The van der Waals surface area contributed by atoms with Crippen LogP contribution in [0.1, 0.15) is 24.1 Å². The minimum absolute atomic E-state index is 0.213. The number of nitrogens with zero attached hydrogens (tertiary/aromatic N) is 4. The topological polar surface area (TPSA) is 39.1 Å². The standard InChI is InChI=1S/C36H28N4O/c1-26(27-15-5-2-6-16-27)39-35(34-32-23-13-11-17-28(32)25-29-18-12-14-24-33(29)34)37-38(30-19-7-3-8-20-30)36(41)40(39)31-21-9-4-10-22-31/h2-26H,1H3/t26-/m1/s1. The zero-order chi connectivity index (χ0) is 27.8. The summed E-state index contributed by atoms with van der Waals surface area (Å²) in [5.41, 5.74) is 3.52. The molecule has 5 nitrogen and oxygen atoms in total. The number of urea groups is 1. The van der Waals surface area contributed by atoms with Gasteiger partial charge in [0.05, 0.1) is 17.4 Å². The lowest BCUT2D eigenvalue weighted by molar-refractivity contribution is 0.225. The van der Waals surface area contributed by atoms with Crippen molar-refractivity contribution in [3.05, 3.63) is 157 Å². The molecule has 41 heavy (non-hydrogen) atoms. The SMILES string of the molecule is C[C@H](c1ccccc1)N1C(c2c3ccccc3cc3ccccc23)=NN(c2ccccc2)C(=O)N1c1ccccc1. The van der Waals surface area contributed by atoms with Crippen LogP contribution in [-0.2, 0) is 0 Å². The predicted molar refractivity (Wildman–Crippen MR) is 168 cm³/mol. The van der Waals surface area contributed by atoms with Crippen LogP contribution in [0.3, 0.4) is 0 Å². The average Bonchev–Trinajstić information content (AvgIpc) is 3.04. The highest BCUT2D eigenvalue weighted by Gasteiger charge is 2.40. The largest absolute Gasteiger partial charge is 0.368 e. The summed E-state index contributed by atoms with van der Waals surface area (Å²) in [6.07, 6.45) is 0. The van der Waals surface area contributed by atoms with Crippen LogP contribution >= 0.6 is 0 Å². The first-order chi connectivity index (χ1) is 20.2. The molecule has 0 aliphatic carbocycles. The van der Waals surface area contributed by atoms with E-state index in [0.29, 0.717) is 11.5 Å². The van der Waals surface area contributed by atoms with Crippen molar-refractivity contribution in [2.75, 3.05) is 10.0 Å². The summed E-state index contributed by atoms with van der Waals surface area (Å²) in [7, 11) is 0. The van der Waals surface area contributed by atoms with Crippen molar-refractivity contribution in [1.82, 2.24) is 5.01 Å². The Bertz CT molecular complexity index is 1830. The number of para-hydroxylation sites is 2. The molecule has 6 aromatic rings. The number of hydrazone groups is 1. The van der Waals surface area contributed by atoms with Gasteiger partial charge in [0, 0.05) is 5.56 Å². The van der Waals surface area contributed by atoms with E-state index >= 15 is 0 Å². The van der Waals surface area contributed by atoms with Crippen LogP contribution in [0.2, 0.25) is 0 Å². The molecule has 0 bridgehead atoms. The van der Waals surface area contributed by atoms with Gasteiger partial charge in [0.1, 0.15) is 0 Å². The van der Waals surface area contributed by atoms with Crippen LogP contribution < -0.4 is 10.0 Å². The summed E-state index contributed by atoms with van der Waals surface area (Å²) >= 11 is 0. The monoisotopic (exact) mass is 532 g/mol. The Hall–Kier alpha value is -5.42. The van der Waals surface area contributed by atoms with Gasteiger partial charge in [0.25, 0.3) is 0 Å². The zero-order valence-electron chi connectivity index (χ0n) is 22.6. The van der Waals surface area contributed by atoms with Crippen molar-refractivity contribution >= 4 is 44.8 Å². The Kier molecular flexibility index (Phi) is 6.17. The number of carbonyl (C=O) groups excluding carboxylic acids is 1. The third kappa shape index (κ3) is 4.28. The highest BCUT2D eigenvalue weighted by atomic mass is 16.2. The van der Waals surface area contributed by atoms with E-state index < -0.39 is 0 Å². The predicted octanol–water partition coefficient (Wildman–Crippen LogP) is 8.78. The van der Waals surface area contributed by atoms with Gasteiger partial charge < -0.3 is 0 Å². The van der Waals surface area contributed by atoms with Crippen LogP contribution in [0.25, 0.3) is 21.5 Å². The summed E-state index contributed by atoms with van der Waals surface area (Å²) in [6.45, 7) is 2.12. The average molecular weight is 533 g/mol. The van der Waals surface area contributed by atoms with E-state index in [4.69, 9.17) is 5.10 Å². The molecule has 1 heterocycles. The summed E-state index contributed by atoms with van der Waals surface area (Å²) < 4.78 is 0. The number of amidine groups is 1. The van der Waals surface area contributed by atoms with Crippen molar-refractivity contribution in [3.63, 3.8) is 0 Å². The zero-order valence-corrected chi connectivity index (χ0v) is 22.6. The van der Waals surface area contributed by atoms with E-state index in [9.17, 15) is 4.79 Å². The first kappa shape index (κ1) is 24.6. The maximum Gasteiger partial charge on any atom is 0.368 e. The number of hydrogen-bond donors (Lipinski definition) is 0. The normalized spacial score (nSPS) is 14.4. The smallest absolute Gasteiger partial charge is 0.250 e. The minimum Gasteiger partial charge on any atom is -0.250 e. The highest BCUT2D eigenvalue weighted by molar-refractivity contribution is 6.23. The van der Waals surface area contributed by atoms with Gasteiger partial charge in [0.2, 0.25) is 0 Å². The second kappa shape index (κ2) is 10.3. The molecule has 0 saturated heterocycles. The Morgan fingerprint density at radius 2 is 1.07 bits per heavy atom. The molecule has 1 atom stereocenters. The van der Waals surface area contributed by atoms with Crippen molar-refractivity contribution in [2.45, 2.75) is 13.0 Å². The Morgan fingerprint density at radius 3 is 1.66 bits per heavy atom. The summed E-state index contributed by atoms with van der Waals surface area (Å²) in [5.74, 6) is 0.696. The molecule has 198 valence electrons. The number of fused-ring (bicyclic) bond motifs is 2. The molecular formula is C36H28N4O. The van der Waals surface area contributed by atoms with E-state index in [1.807, 2.05) is 78.9 Å². The molecule has 2 amide bonds. The van der Waals surface area contributed by atoms with E-state index in [-0.39, 0.29) is 12.1 Å². The number of hydrazine groups is 1. The van der Waals surface area contributed by atoms with E-state index in [1.165, 1.54) is 5.01 Å². The maximum absolute atomic E-state index is 14.5. The van der Waals surface area contributed by atoms with Crippen molar-refractivity contribution in [3.8, 4) is 0 Å². The Labute approximate surface area is 239 Å². The molecule has 0 N–H and O–H groups in total. The van der Waals surface area contributed by atoms with Crippen LogP contribution in [-0.4, -0.2) is 16.9 Å². The van der Waals surface area contributed by atoms with Gasteiger partial charge in [-0.2, -0.15) is 10.0 Å². The van der Waals surface area contributed by atoms with Gasteiger partial charge in [-0.1, -0.05) is 115 Å². The first-order valence-electron chi connectivity index (χ1n) is 13.8. The number of benzene rings is 6. The highest BCUT2D eigenvalue weighted by Crippen LogP contribution is 2.38. The molecule has 6 aromatic carbocycles. The fraction of sp³-hybridized carbons (Fsp3) is 0.0556. The second-order valence-corrected chi connectivity index (χ2v) is 10.1. The van der Waals surface area contributed by atoms with Crippen molar-refractivity contribution < 1.29 is 4.79 Å². The third-order valence-electron chi connectivity index (χ3n) is 7.63. The van der Waals surface area contributed by atoms with Gasteiger partial charge in [0.15, 0.2) is 5.84 Å². The fourth-order valence-corrected chi connectivity index (χ4v) is 5.65. The summed E-state index contributed by atoms with van der Waals surface area (Å²) in [5, 5.41) is 14.9. The van der Waals surface area contributed by atoms with Crippen LogP contribution in [0.4, 0.5) is 16.2 Å². The second-order valence-electron chi connectivity index (χ2n) is 10.1. The maximum atomic E-state index is 14.5. The molecule has 5 heteroatoms. The van der Waals surface area contributed by atoms with E-state index in [2.05, 4.69) is 78.7 Å². The molecular weight excluding hydrogens is 504 g/mol. The number of anilines is 2. The van der Waals surface area contributed by atoms with Gasteiger partial charge in [-0.15, -0.1) is 5.10 Å². The Morgan fingerprint density at radius 1 is 0.585 bits per heavy atom. The Balaban J connectivity index is 1.58. The lowest BCUT2D eigenvalue weighted by Crippen LogP contribution is -2.59. The number of rotatable bonds is 5. The summed E-state index contributed by atoms with van der Waals surface area (Å²) in [4.78, 5) is 14.5. The number of hydrogen-bond acceptors (Lipinski definition) is 3. The lowest BCUT2D eigenvalue weighted by Gasteiger charge is -2.45. The molecule has 0 saturated carbocycles. The quantitative estimate of drug-likeness (QED) is 0.208. The molecule has 7 rings (SSSR count). The molecule has 0 fully saturated rings. The molecule has 0 aromatic heterocycles. The number of amides is 2. The van der Waals surface area contributed by atoms with Gasteiger partial charge in [-0.05, 0) is 64.4 Å². The van der Waals surface area contributed by atoms with Crippen LogP contribution in [0.5, 0.6) is 0 Å². The molecule has 0 spiro atoms. The van der Waals surface area contributed by atoms with Gasteiger partial charge >= 0.3 is 6.03 Å². The lowest BCUT2D eigenvalue weighted by atomic mass is 9.95. The van der Waals surface area contributed by atoms with Gasteiger partial charge in [-0.3, -0.25) is 5.01 Å². The molecule has 0 unspecified atom stereocenters. The van der Waals surface area contributed by atoms with Crippen LogP contribution in [0, 0.1) is 0 Å². The van der Waals surface area contributed by atoms with Crippen LogP contribution in [0.15, 0.2) is 151 Å². The number of carbonyl (C=O) groups is 1. The minimum atomic E-state index is -0.251. The first-order valence-corrected chi connectivity index (χ1v) is 13.8. The molecule has 0 radical (unpaired) electrons. The summed E-state index contributed by atoms with van der Waals surface area (Å²) in [6, 6.07) is 48.3. The van der Waals surface area contributed by atoms with E-state index in [1.54, 1.807) is 5.01 Å². The third-order valence-corrected chi connectivity index (χ3v) is 7.63. The van der Waals surface area contributed by atoms with E-state index in [0.717, 1.165) is 38.4 Å². The van der Waals surface area contributed by atoms with Gasteiger partial charge in [-0.25, -0.2) is 4.79 Å². The fourth-order valence-electron chi connectivity index (χ4n) is 5.65. The molecule has 1 aliphatic heterocycles. The van der Waals surface area contributed by atoms with Crippen molar-refractivity contribution in [2.24, 2.45) is 5.10 Å². The van der Waals surface area contributed by atoms with Crippen molar-refractivity contribution in [1.29, 1.82) is 0 Å².